The molecule has 1 fully saturated rings. The van der Waals surface area contributed by atoms with E-state index in [2.05, 4.69) is 23.3 Å². The summed E-state index contributed by atoms with van der Waals surface area (Å²) in [6.07, 6.45) is 7.38. The standard InChI is InChI=1S/C19H24N2O2/c1-4-17(22)18-15-10-9-14(8-7-13-5-6-13)11-16(15)21(20-18)12-19(2,3)23/h7-11,13,23H,4-6,12H2,1-3H3/b8-7+. The Morgan fingerprint density at radius 3 is 2.78 bits per heavy atom. The van der Waals surface area contributed by atoms with Crippen LogP contribution in [0.4, 0.5) is 0 Å². The molecule has 1 aromatic carbocycles. The van der Waals surface area contributed by atoms with Gasteiger partial charge in [-0.25, -0.2) is 0 Å². The van der Waals surface area contributed by atoms with Crippen LogP contribution >= 0.6 is 0 Å². The number of rotatable bonds is 6. The number of Topliss-reactive ketones (excluding diaryl/α,β-unsaturated/α-hetero) is 1. The number of aliphatic hydroxyl groups is 1. The molecule has 4 heteroatoms. The maximum absolute atomic E-state index is 12.2. The van der Waals surface area contributed by atoms with Crippen LogP contribution in [0, 0.1) is 5.92 Å². The number of hydrogen-bond acceptors (Lipinski definition) is 3. The largest absolute Gasteiger partial charge is 0.389 e. The molecule has 0 aliphatic heterocycles. The maximum Gasteiger partial charge on any atom is 0.183 e. The van der Waals surface area contributed by atoms with Crippen LogP contribution < -0.4 is 0 Å². The number of hydrogen-bond donors (Lipinski definition) is 1. The summed E-state index contributed by atoms with van der Waals surface area (Å²) in [6, 6.07) is 6.06. The Labute approximate surface area is 136 Å². The first-order valence-electron chi connectivity index (χ1n) is 8.32. The van der Waals surface area contributed by atoms with E-state index in [9.17, 15) is 9.90 Å². The summed E-state index contributed by atoms with van der Waals surface area (Å²) in [5.41, 5.74) is 1.63. The fourth-order valence-corrected chi connectivity index (χ4v) is 2.69. The fourth-order valence-electron chi connectivity index (χ4n) is 2.69. The summed E-state index contributed by atoms with van der Waals surface area (Å²) in [6.45, 7) is 5.70. The van der Waals surface area contributed by atoms with E-state index in [4.69, 9.17) is 0 Å². The van der Waals surface area contributed by atoms with Gasteiger partial charge in [-0.05, 0) is 50.3 Å². The summed E-state index contributed by atoms with van der Waals surface area (Å²) in [4.78, 5) is 12.2. The molecule has 0 bridgehead atoms. The molecule has 1 aliphatic rings. The van der Waals surface area contributed by atoms with E-state index in [1.165, 1.54) is 12.8 Å². The van der Waals surface area contributed by atoms with E-state index in [0.29, 0.717) is 18.7 Å². The summed E-state index contributed by atoms with van der Waals surface area (Å²) in [7, 11) is 0. The monoisotopic (exact) mass is 312 g/mol. The molecule has 1 N–H and O–H groups in total. The number of benzene rings is 1. The molecule has 0 radical (unpaired) electrons. The molecule has 1 aromatic heterocycles. The van der Waals surface area contributed by atoms with E-state index in [0.717, 1.165) is 22.4 Å². The third-order valence-electron chi connectivity index (χ3n) is 4.08. The topological polar surface area (TPSA) is 55.1 Å². The molecular weight excluding hydrogens is 288 g/mol. The molecule has 23 heavy (non-hydrogen) atoms. The lowest BCUT2D eigenvalue weighted by atomic mass is 10.1. The van der Waals surface area contributed by atoms with Gasteiger partial charge in [-0.15, -0.1) is 0 Å². The van der Waals surface area contributed by atoms with Gasteiger partial charge in [-0.1, -0.05) is 25.1 Å². The highest BCUT2D eigenvalue weighted by Gasteiger charge is 2.21. The third kappa shape index (κ3) is 3.70. The van der Waals surface area contributed by atoms with Crippen LogP contribution in [0.25, 0.3) is 17.0 Å². The van der Waals surface area contributed by atoms with E-state index in [-0.39, 0.29) is 5.78 Å². The Morgan fingerprint density at radius 1 is 1.43 bits per heavy atom. The predicted octanol–water partition coefficient (Wildman–Crippen LogP) is 3.82. The molecule has 0 amide bonds. The molecule has 0 atom stereocenters. The van der Waals surface area contributed by atoms with Gasteiger partial charge in [0.15, 0.2) is 5.78 Å². The maximum atomic E-state index is 12.2. The normalized spacial score (nSPS) is 15.7. The molecule has 122 valence electrons. The smallest absolute Gasteiger partial charge is 0.183 e. The summed E-state index contributed by atoms with van der Waals surface area (Å²) < 4.78 is 1.76. The molecule has 0 saturated heterocycles. The number of fused-ring (bicyclic) bond motifs is 1. The van der Waals surface area contributed by atoms with Gasteiger partial charge < -0.3 is 5.11 Å². The average Bonchev–Trinajstić information content (AvgIpc) is 3.26. The molecule has 0 spiro atoms. The van der Waals surface area contributed by atoms with Gasteiger partial charge >= 0.3 is 0 Å². The van der Waals surface area contributed by atoms with Gasteiger partial charge in [-0.3, -0.25) is 9.48 Å². The zero-order valence-corrected chi connectivity index (χ0v) is 14.0. The second kappa shape index (κ2) is 5.93. The van der Waals surface area contributed by atoms with E-state index >= 15 is 0 Å². The summed E-state index contributed by atoms with van der Waals surface area (Å²) in [5.74, 6) is 0.759. The Kier molecular flexibility index (Phi) is 4.11. The Balaban J connectivity index is 2.06. The minimum atomic E-state index is -0.884. The second-order valence-electron chi connectivity index (χ2n) is 7.07. The highest BCUT2D eigenvalue weighted by atomic mass is 16.3. The SMILES string of the molecule is CCC(=O)c1nn(CC(C)(C)O)c2cc(/C=C/C3CC3)ccc12. The number of allylic oxidation sites excluding steroid dienone is 1. The zero-order valence-electron chi connectivity index (χ0n) is 14.0. The molecule has 1 saturated carbocycles. The summed E-state index contributed by atoms with van der Waals surface area (Å²) in [5, 5.41) is 15.5. The average molecular weight is 312 g/mol. The summed E-state index contributed by atoms with van der Waals surface area (Å²) >= 11 is 0. The van der Waals surface area contributed by atoms with Crippen LogP contribution in [0.3, 0.4) is 0 Å². The van der Waals surface area contributed by atoms with Crippen LogP contribution in [0.1, 0.15) is 56.1 Å². The Morgan fingerprint density at radius 2 is 2.17 bits per heavy atom. The quantitative estimate of drug-likeness (QED) is 0.825. The van der Waals surface area contributed by atoms with Gasteiger partial charge in [0.1, 0.15) is 5.69 Å². The van der Waals surface area contributed by atoms with Gasteiger partial charge in [0, 0.05) is 11.8 Å². The molecule has 1 aliphatic carbocycles. The number of carbonyl (C=O) groups is 1. The minimum Gasteiger partial charge on any atom is -0.389 e. The number of carbonyl (C=O) groups excluding carboxylic acids is 1. The number of ketones is 1. The van der Waals surface area contributed by atoms with Crippen LogP contribution in [-0.2, 0) is 6.54 Å². The second-order valence-corrected chi connectivity index (χ2v) is 7.07. The zero-order chi connectivity index (χ0) is 16.6. The lowest BCUT2D eigenvalue weighted by Gasteiger charge is -2.17. The number of aromatic nitrogens is 2. The van der Waals surface area contributed by atoms with Crippen molar-refractivity contribution in [3.63, 3.8) is 0 Å². The van der Waals surface area contributed by atoms with Crippen LogP contribution in [0.2, 0.25) is 0 Å². The number of nitrogens with zero attached hydrogens (tertiary/aromatic N) is 2. The fraction of sp³-hybridized carbons (Fsp3) is 0.474. The van der Waals surface area contributed by atoms with Crippen molar-refractivity contribution in [2.45, 2.75) is 52.2 Å². The van der Waals surface area contributed by atoms with Gasteiger partial charge in [0.25, 0.3) is 0 Å². The van der Waals surface area contributed by atoms with Crippen molar-refractivity contribution in [1.82, 2.24) is 9.78 Å². The molecule has 3 rings (SSSR count). The van der Waals surface area contributed by atoms with Gasteiger partial charge in [-0.2, -0.15) is 5.10 Å². The van der Waals surface area contributed by atoms with Crippen molar-refractivity contribution in [2.75, 3.05) is 0 Å². The lowest BCUT2D eigenvalue weighted by Crippen LogP contribution is -2.26. The Hall–Kier alpha value is -1.94. The molecule has 2 aromatic rings. The first kappa shape index (κ1) is 15.9. The van der Waals surface area contributed by atoms with Gasteiger partial charge in [0.05, 0.1) is 17.7 Å². The van der Waals surface area contributed by atoms with Crippen LogP contribution in [0.15, 0.2) is 24.3 Å². The molecule has 4 nitrogen and oxygen atoms in total. The van der Waals surface area contributed by atoms with Gasteiger partial charge in [0.2, 0.25) is 0 Å². The first-order valence-corrected chi connectivity index (χ1v) is 8.32. The Bertz CT molecular complexity index is 762. The lowest BCUT2D eigenvalue weighted by molar-refractivity contribution is 0.0588. The molecule has 1 heterocycles. The minimum absolute atomic E-state index is 0.0331. The third-order valence-corrected chi connectivity index (χ3v) is 4.08. The van der Waals surface area contributed by atoms with Crippen molar-refractivity contribution in [2.24, 2.45) is 5.92 Å². The molecular formula is C19H24N2O2. The highest BCUT2D eigenvalue weighted by molar-refractivity contribution is 6.06. The van der Waals surface area contributed by atoms with Crippen molar-refractivity contribution >= 4 is 22.8 Å². The molecule has 0 unspecified atom stereocenters. The first-order chi connectivity index (χ1) is 10.9. The van der Waals surface area contributed by atoms with Crippen molar-refractivity contribution in [3.8, 4) is 0 Å². The van der Waals surface area contributed by atoms with E-state index in [1.54, 1.807) is 18.5 Å². The van der Waals surface area contributed by atoms with E-state index in [1.807, 2.05) is 19.1 Å². The van der Waals surface area contributed by atoms with Crippen molar-refractivity contribution < 1.29 is 9.90 Å². The van der Waals surface area contributed by atoms with Crippen molar-refractivity contribution in [3.05, 3.63) is 35.5 Å². The van der Waals surface area contributed by atoms with E-state index < -0.39 is 5.60 Å². The van der Waals surface area contributed by atoms with Crippen LogP contribution in [0.5, 0.6) is 0 Å². The van der Waals surface area contributed by atoms with Crippen LogP contribution in [-0.4, -0.2) is 26.3 Å². The predicted molar refractivity (Wildman–Crippen MR) is 92.4 cm³/mol. The highest BCUT2D eigenvalue weighted by Crippen LogP contribution is 2.31. The van der Waals surface area contributed by atoms with Crippen molar-refractivity contribution in [1.29, 1.82) is 0 Å².